The van der Waals surface area contributed by atoms with Crippen LogP contribution in [0.3, 0.4) is 0 Å². The van der Waals surface area contributed by atoms with Gasteiger partial charge >= 0.3 is 12.0 Å². The third-order valence-electron chi connectivity index (χ3n) is 5.93. The van der Waals surface area contributed by atoms with Crippen molar-refractivity contribution in [3.63, 3.8) is 0 Å². The SMILES string of the molecule is CCOC(=O)CC(NC(=O)Nc1c(O)ccn(C)c1=O)c1cc(OC)cc(-c2ccccc2C)c1C. The molecule has 0 aliphatic rings. The van der Waals surface area contributed by atoms with Crippen LogP contribution in [0.15, 0.2) is 53.5 Å². The number of carbonyl (C=O) groups excluding carboxylic acids is 2. The monoisotopic (exact) mass is 493 g/mol. The minimum atomic E-state index is -0.809. The Morgan fingerprint density at radius 2 is 1.83 bits per heavy atom. The van der Waals surface area contributed by atoms with Crippen molar-refractivity contribution in [3.05, 3.63) is 75.7 Å². The van der Waals surface area contributed by atoms with Gasteiger partial charge in [-0.25, -0.2) is 4.79 Å². The zero-order valence-corrected chi connectivity index (χ0v) is 21.0. The Morgan fingerprint density at radius 1 is 1.11 bits per heavy atom. The molecule has 0 aliphatic carbocycles. The number of urea groups is 1. The van der Waals surface area contributed by atoms with Gasteiger partial charge in [-0.15, -0.1) is 0 Å². The smallest absolute Gasteiger partial charge is 0.319 e. The Hall–Kier alpha value is -4.27. The predicted octanol–water partition coefficient (Wildman–Crippen LogP) is 4.20. The fraction of sp³-hybridized carbons (Fsp3) is 0.296. The van der Waals surface area contributed by atoms with E-state index < -0.39 is 23.6 Å². The van der Waals surface area contributed by atoms with Crippen molar-refractivity contribution < 1.29 is 24.2 Å². The molecule has 0 radical (unpaired) electrons. The topological polar surface area (TPSA) is 119 Å². The molecule has 190 valence electrons. The van der Waals surface area contributed by atoms with E-state index in [0.29, 0.717) is 11.3 Å². The third kappa shape index (κ3) is 5.86. The summed E-state index contributed by atoms with van der Waals surface area (Å²) in [6.45, 7) is 5.81. The van der Waals surface area contributed by atoms with E-state index in [1.165, 1.54) is 23.9 Å². The normalized spacial score (nSPS) is 11.5. The van der Waals surface area contributed by atoms with Gasteiger partial charge in [-0.3, -0.25) is 9.59 Å². The largest absolute Gasteiger partial charge is 0.505 e. The number of anilines is 1. The lowest BCUT2D eigenvalue weighted by Gasteiger charge is -2.24. The third-order valence-corrected chi connectivity index (χ3v) is 5.93. The molecule has 0 bridgehead atoms. The molecule has 9 heteroatoms. The van der Waals surface area contributed by atoms with E-state index in [2.05, 4.69) is 10.6 Å². The first-order valence-electron chi connectivity index (χ1n) is 11.5. The Kier molecular flexibility index (Phi) is 8.37. The van der Waals surface area contributed by atoms with Crippen LogP contribution in [-0.4, -0.2) is 35.4 Å². The van der Waals surface area contributed by atoms with E-state index >= 15 is 0 Å². The molecule has 9 nitrogen and oxygen atoms in total. The van der Waals surface area contributed by atoms with Crippen LogP contribution < -0.4 is 20.9 Å². The van der Waals surface area contributed by atoms with Gasteiger partial charge in [0.15, 0.2) is 5.69 Å². The van der Waals surface area contributed by atoms with Crippen LogP contribution in [0.2, 0.25) is 0 Å². The summed E-state index contributed by atoms with van der Waals surface area (Å²) in [6.07, 6.45) is 1.23. The lowest BCUT2D eigenvalue weighted by atomic mass is 9.89. The highest BCUT2D eigenvalue weighted by Gasteiger charge is 2.25. The number of carbonyl (C=O) groups is 2. The molecule has 0 aliphatic heterocycles. The summed E-state index contributed by atoms with van der Waals surface area (Å²) in [6, 6.07) is 11.3. The molecule has 0 spiro atoms. The molecular formula is C27H31N3O6. The van der Waals surface area contributed by atoms with Crippen LogP contribution >= 0.6 is 0 Å². The first-order chi connectivity index (χ1) is 17.2. The van der Waals surface area contributed by atoms with Crippen LogP contribution in [0.5, 0.6) is 11.5 Å². The van der Waals surface area contributed by atoms with Gasteiger partial charge in [0, 0.05) is 13.2 Å². The van der Waals surface area contributed by atoms with Gasteiger partial charge in [0.05, 0.1) is 26.2 Å². The Morgan fingerprint density at radius 3 is 2.50 bits per heavy atom. The highest BCUT2D eigenvalue weighted by atomic mass is 16.5. The minimum absolute atomic E-state index is 0.152. The fourth-order valence-corrected chi connectivity index (χ4v) is 4.01. The molecule has 2 aromatic carbocycles. The second-order valence-electron chi connectivity index (χ2n) is 8.36. The quantitative estimate of drug-likeness (QED) is 0.405. The van der Waals surface area contributed by atoms with Gasteiger partial charge < -0.3 is 29.8 Å². The minimum Gasteiger partial charge on any atom is -0.505 e. The summed E-state index contributed by atoms with van der Waals surface area (Å²) in [5, 5.41) is 15.3. The van der Waals surface area contributed by atoms with E-state index in [1.54, 1.807) is 20.1 Å². The molecule has 1 atom stereocenters. The molecule has 3 aromatic rings. The van der Waals surface area contributed by atoms with E-state index in [1.807, 2.05) is 44.2 Å². The highest BCUT2D eigenvalue weighted by molar-refractivity contribution is 5.91. The van der Waals surface area contributed by atoms with E-state index in [-0.39, 0.29) is 24.5 Å². The van der Waals surface area contributed by atoms with Gasteiger partial charge in [0.1, 0.15) is 11.5 Å². The standard InChI is InChI=1S/C27H31N3O6/c1-6-36-24(32)15-22(28-27(34)29-25-23(31)11-12-30(4)26(25)33)21-14-18(35-5)13-20(17(21)3)19-10-8-7-9-16(19)2/h7-14,22,31H,6,15H2,1-5H3,(H2,28,29,34). The predicted molar refractivity (Wildman–Crippen MR) is 137 cm³/mol. The first kappa shape index (κ1) is 26.3. The molecule has 2 amide bonds. The number of esters is 1. The number of ether oxygens (including phenoxy) is 2. The molecule has 36 heavy (non-hydrogen) atoms. The summed E-state index contributed by atoms with van der Waals surface area (Å²) in [7, 11) is 3.05. The summed E-state index contributed by atoms with van der Waals surface area (Å²) < 4.78 is 11.9. The number of nitrogens with one attached hydrogen (secondary N) is 2. The second kappa shape index (κ2) is 11.4. The molecule has 1 aromatic heterocycles. The molecule has 3 N–H and O–H groups in total. The lowest BCUT2D eigenvalue weighted by molar-refractivity contribution is -0.143. The Balaban J connectivity index is 2.05. The van der Waals surface area contributed by atoms with Crippen molar-refractivity contribution in [1.29, 1.82) is 0 Å². The zero-order chi connectivity index (χ0) is 26.4. The Bertz CT molecular complexity index is 1330. The summed E-state index contributed by atoms with van der Waals surface area (Å²) >= 11 is 0. The molecule has 1 heterocycles. The van der Waals surface area contributed by atoms with Crippen LogP contribution in [0, 0.1) is 13.8 Å². The number of methoxy groups -OCH3 is 1. The van der Waals surface area contributed by atoms with Gasteiger partial charge in [-0.05, 0) is 66.8 Å². The van der Waals surface area contributed by atoms with Gasteiger partial charge in [-0.1, -0.05) is 24.3 Å². The van der Waals surface area contributed by atoms with Crippen molar-refractivity contribution in [2.45, 2.75) is 33.2 Å². The molecule has 3 rings (SSSR count). The summed E-state index contributed by atoms with van der Waals surface area (Å²) in [5.41, 5.74) is 3.60. The van der Waals surface area contributed by atoms with Crippen molar-refractivity contribution >= 4 is 17.7 Å². The van der Waals surface area contributed by atoms with E-state index in [4.69, 9.17) is 9.47 Å². The number of hydrogen-bond donors (Lipinski definition) is 3. The van der Waals surface area contributed by atoms with E-state index in [9.17, 15) is 19.5 Å². The number of aromatic hydroxyl groups is 1. The summed E-state index contributed by atoms with van der Waals surface area (Å²) in [4.78, 5) is 37.8. The molecule has 0 saturated heterocycles. The zero-order valence-electron chi connectivity index (χ0n) is 21.0. The number of aryl methyl sites for hydroxylation is 2. The highest BCUT2D eigenvalue weighted by Crippen LogP contribution is 2.36. The average molecular weight is 494 g/mol. The van der Waals surface area contributed by atoms with Crippen LogP contribution in [0.4, 0.5) is 10.5 Å². The van der Waals surface area contributed by atoms with E-state index in [0.717, 1.165) is 22.3 Å². The van der Waals surface area contributed by atoms with Crippen molar-refractivity contribution in [2.75, 3.05) is 19.0 Å². The van der Waals surface area contributed by atoms with Gasteiger partial charge in [0.25, 0.3) is 5.56 Å². The first-order valence-corrected chi connectivity index (χ1v) is 11.5. The maximum atomic E-state index is 13.0. The van der Waals surface area contributed by atoms with Crippen LogP contribution in [0.25, 0.3) is 11.1 Å². The maximum absolute atomic E-state index is 13.0. The summed E-state index contributed by atoms with van der Waals surface area (Å²) in [5.74, 6) is -0.310. The lowest BCUT2D eigenvalue weighted by Crippen LogP contribution is -2.36. The van der Waals surface area contributed by atoms with Crippen molar-refractivity contribution in [2.24, 2.45) is 7.05 Å². The number of hydrogen-bond acceptors (Lipinski definition) is 6. The molecule has 1 unspecified atom stereocenters. The van der Waals surface area contributed by atoms with Crippen molar-refractivity contribution in [1.82, 2.24) is 9.88 Å². The maximum Gasteiger partial charge on any atom is 0.319 e. The van der Waals surface area contributed by atoms with Crippen molar-refractivity contribution in [3.8, 4) is 22.6 Å². The fourth-order valence-electron chi connectivity index (χ4n) is 4.01. The number of rotatable bonds is 8. The van der Waals surface area contributed by atoms with Gasteiger partial charge in [-0.2, -0.15) is 0 Å². The van der Waals surface area contributed by atoms with Gasteiger partial charge in [0.2, 0.25) is 0 Å². The number of nitrogens with zero attached hydrogens (tertiary/aromatic N) is 1. The molecular weight excluding hydrogens is 462 g/mol. The number of pyridine rings is 1. The Labute approximate surface area is 209 Å². The molecule has 0 fully saturated rings. The average Bonchev–Trinajstić information content (AvgIpc) is 2.84. The molecule has 0 saturated carbocycles. The number of aromatic nitrogens is 1. The second-order valence-corrected chi connectivity index (χ2v) is 8.36. The number of amides is 2. The van der Waals surface area contributed by atoms with Crippen LogP contribution in [-0.2, 0) is 16.6 Å². The number of benzene rings is 2. The van der Waals surface area contributed by atoms with Crippen LogP contribution in [0.1, 0.15) is 36.1 Å².